The van der Waals surface area contributed by atoms with Crippen LogP contribution in [0.15, 0.2) is 0 Å². The maximum Gasteiger partial charge on any atom is 0.0499 e. The Morgan fingerprint density at radius 1 is 1.42 bits per heavy atom. The third-order valence-corrected chi connectivity index (χ3v) is 3.33. The van der Waals surface area contributed by atoms with Gasteiger partial charge in [-0.25, -0.2) is 0 Å². The van der Waals surface area contributed by atoms with Gasteiger partial charge in [-0.2, -0.15) is 0 Å². The van der Waals surface area contributed by atoms with E-state index in [0.717, 1.165) is 12.8 Å². The first-order valence-electron chi connectivity index (χ1n) is 4.82. The summed E-state index contributed by atoms with van der Waals surface area (Å²) >= 11 is 0. The molecule has 0 heterocycles. The molecule has 1 atom stereocenters. The molecule has 0 radical (unpaired) electrons. The fourth-order valence-corrected chi connectivity index (χ4v) is 2.16. The Balaban J connectivity index is 2.67. The van der Waals surface area contributed by atoms with Gasteiger partial charge in [0.1, 0.15) is 0 Å². The molecule has 0 bridgehead atoms. The summed E-state index contributed by atoms with van der Waals surface area (Å²) in [6.45, 7) is 2.32. The molecule has 1 N–H and O–H groups in total. The highest BCUT2D eigenvalue weighted by Gasteiger charge is 2.35. The summed E-state index contributed by atoms with van der Waals surface area (Å²) in [4.78, 5) is 0. The van der Waals surface area contributed by atoms with E-state index in [2.05, 4.69) is 12.8 Å². The van der Waals surface area contributed by atoms with Crippen LogP contribution in [0.1, 0.15) is 39.0 Å². The van der Waals surface area contributed by atoms with E-state index >= 15 is 0 Å². The minimum Gasteiger partial charge on any atom is -0.396 e. The second-order valence-corrected chi connectivity index (χ2v) is 3.97. The molecule has 0 amide bonds. The number of aliphatic hydroxyl groups excluding tert-OH is 1. The number of hydrogen-bond acceptors (Lipinski definition) is 1. The van der Waals surface area contributed by atoms with Crippen molar-refractivity contribution in [1.82, 2.24) is 0 Å². The van der Waals surface area contributed by atoms with Crippen molar-refractivity contribution in [1.29, 1.82) is 0 Å². The fourth-order valence-electron chi connectivity index (χ4n) is 2.16. The zero-order valence-electron chi connectivity index (χ0n) is 7.84. The van der Waals surface area contributed by atoms with E-state index in [1.165, 1.54) is 19.3 Å². The predicted octanol–water partition coefficient (Wildman–Crippen LogP) is 2.20. The maximum atomic E-state index is 9.35. The van der Waals surface area contributed by atoms with Crippen LogP contribution < -0.4 is 0 Å². The molecule has 1 rings (SSSR count). The van der Waals surface area contributed by atoms with Gasteiger partial charge in [-0.1, -0.05) is 26.2 Å². The van der Waals surface area contributed by atoms with Crippen LogP contribution in [0.3, 0.4) is 0 Å². The first kappa shape index (κ1) is 9.61. The molecule has 0 aromatic rings. The molecule has 1 aliphatic carbocycles. The highest BCUT2D eigenvalue weighted by atomic mass is 16.3. The molecule has 0 aliphatic heterocycles. The van der Waals surface area contributed by atoms with Crippen molar-refractivity contribution in [3.8, 4) is 12.3 Å². The summed E-state index contributed by atoms with van der Waals surface area (Å²) in [7, 11) is 0. The Kier molecular flexibility index (Phi) is 3.17. The van der Waals surface area contributed by atoms with E-state index in [1.807, 2.05) is 0 Å². The summed E-state index contributed by atoms with van der Waals surface area (Å²) < 4.78 is 0. The Morgan fingerprint density at radius 2 is 2.00 bits per heavy atom. The highest BCUT2D eigenvalue weighted by Crippen LogP contribution is 2.41. The molecule has 0 aromatic carbocycles. The summed E-state index contributed by atoms with van der Waals surface area (Å²) in [5.74, 6) is 2.99. The van der Waals surface area contributed by atoms with Gasteiger partial charge in [0.25, 0.3) is 0 Å². The number of rotatable bonds is 2. The molecule has 1 fully saturated rings. The van der Waals surface area contributed by atoms with Gasteiger partial charge in [-0.3, -0.25) is 0 Å². The van der Waals surface area contributed by atoms with E-state index in [4.69, 9.17) is 6.42 Å². The second-order valence-electron chi connectivity index (χ2n) is 3.97. The fraction of sp³-hybridized carbons (Fsp3) is 0.818. The monoisotopic (exact) mass is 166 g/mol. The molecule has 0 saturated heterocycles. The van der Waals surface area contributed by atoms with Gasteiger partial charge in [0.15, 0.2) is 0 Å². The third kappa shape index (κ3) is 1.64. The lowest BCUT2D eigenvalue weighted by Gasteiger charge is -2.38. The van der Waals surface area contributed by atoms with Crippen LogP contribution in [-0.2, 0) is 0 Å². The molecule has 1 unspecified atom stereocenters. The van der Waals surface area contributed by atoms with Crippen LogP contribution in [0.2, 0.25) is 0 Å². The molecule has 1 saturated carbocycles. The quantitative estimate of drug-likeness (QED) is 0.623. The minimum atomic E-state index is 0.0486. The molecule has 0 spiro atoms. The molecule has 68 valence electrons. The van der Waals surface area contributed by atoms with E-state index in [-0.39, 0.29) is 17.9 Å². The molecule has 1 nitrogen and oxygen atoms in total. The van der Waals surface area contributed by atoms with Crippen molar-refractivity contribution >= 4 is 0 Å². The van der Waals surface area contributed by atoms with Gasteiger partial charge in [0.2, 0.25) is 0 Å². The van der Waals surface area contributed by atoms with Gasteiger partial charge in [-0.15, -0.1) is 12.3 Å². The van der Waals surface area contributed by atoms with Crippen molar-refractivity contribution in [3.63, 3.8) is 0 Å². The first-order chi connectivity index (χ1) is 5.75. The molecule has 1 aliphatic rings. The second kappa shape index (κ2) is 3.96. The summed E-state index contributed by atoms with van der Waals surface area (Å²) in [5.41, 5.74) is 0.0486. The highest BCUT2D eigenvalue weighted by molar-refractivity contribution is 5.01. The minimum absolute atomic E-state index is 0.0486. The van der Waals surface area contributed by atoms with Crippen LogP contribution >= 0.6 is 0 Å². The van der Waals surface area contributed by atoms with Crippen LogP contribution in [0, 0.1) is 23.7 Å². The Bertz CT molecular complexity index is 172. The van der Waals surface area contributed by atoms with Gasteiger partial charge >= 0.3 is 0 Å². The van der Waals surface area contributed by atoms with Crippen LogP contribution in [0.4, 0.5) is 0 Å². The molecular weight excluding hydrogens is 148 g/mol. The molecule has 0 aromatic heterocycles. The van der Waals surface area contributed by atoms with Crippen molar-refractivity contribution in [3.05, 3.63) is 0 Å². The van der Waals surface area contributed by atoms with Gasteiger partial charge in [0.05, 0.1) is 0 Å². The average Bonchev–Trinajstić information content (AvgIpc) is 2.17. The Morgan fingerprint density at radius 3 is 2.42 bits per heavy atom. The summed E-state index contributed by atoms with van der Waals surface area (Å²) in [6.07, 6.45) is 11.4. The molecule has 1 heteroatoms. The summed E-state index contributed by atoms with van der Waals surface area (Å²) in [5, 5.41) is 9.35. The topological polar surface area (TPSA) is 20.2 Å². The molecular formula is C11H18O. The van der Waals surface area contributed by atoms with Crippen molar-refractivity contribution in [2.45, 2.75) is 39.0 Å². The normalized spacial score (nSPS) is 24.4. The number of aliphatic hydroxyl groups is 1. The largest absolute Gasteiger partial charge is 0.396 e. The number of terminal acetylenes is 1. The van der Waals surface area contributed by atoms with Crippen LogP contribution in [0.25, 0.3) is 0 Å². The van der Waals surface area contributed by atoms with Crippen LogP contribution in [0.5, 0.6) is 0 Å². The van der Waals surface area contributed by atoms with Crippen molar-refractivity contribution < 1.29 is 5.11 Å². The van der Waals surface area contributed by atoms with E-state index in [0.29, 0.717) is 0 Å². The third-order valence-electron chi connectivity index (χ3n) is 3.33. The van der Waals surface area contributed by atoms with Crippen LogP contribution in [-0.4, -0.2) is 11.7 Å². The van der Waals surface area contributed by atoms with Gasteiger partial charge in [-0.05, 0) is 12.8 Å². The lowest BCUT2D eigenvalue weighted by molar-refractivity contribution is 0.0520. The lowest BCUT2D eigenvalue weighted by Crippen LogP contribution is -2.34. The average molecular weight is 166 g/mol. The first-order valence-corrected chi connectivity index (χ1v) is 4.82. The van der Waals surface area contributed by atoms with E-state index in [9.17, 15) is 5.11 Å². The van der Waals surface area contributed by atoms with Gasteiger partial charge < -0.3 is 5.11 Å². The SMILES string of the molecule is C#CC(C)C1(CO)CCCCC1. The Hall–Kier alpha value is -0.480. The van der Waals surface area contributed by atoms with Gasteiger partial charge in [0, 0.05) is 17.9 Å². The zero-order chi connectivity index (χ0) is 9.03. The zero-order valence-corrected chi connectivity index (χ0v) is 7.84. The standard InChI is InChI=1S/C11H18O/c1-3-10(2)11(9-12)7-5-4-6-8-11/h1,10,12H,4-9H2,2H3. The van der Waals surface area contributed by atoms with Crippen molar-refractivity contribution in [2.75, 3.05) is 6.61 Å². The van der Waals surface area contributed by atoms with Crippen molar-refractivity contribution in [2.24, 2.45) is 11.3 Å². The van der Waals surface area contributed by atoms with E-state index < -0.39 is 0 Å². The summed E-state index contributed by atoms with van der Waals surface area (Å²) in [6, 6.07) is 0. The Labute approximate surface area is 75.2 Å². The predicted molar refractivity (Wildman–Crippen MR) is 50.6 cm³/mol. The number of hydrogen-bond donors (Lipinski definition) is 1. The maximum absolute atomic E-state index is 9.35. The molecule has 12 heavy (non-hydrogen) atoms. The lowest BCUT2D eigenvalue weighted by atomic mass is 9.67. The van der Waals surface area contributed by atoms with E-state index in [1.54, 1.807) is 0 Å². The smallest absolute Gasteiger partial charge is 0.0499 e.